The summed E-state index contributed by atoms with van der Waals surface area (Å²) >= 11 is 0. The zero-order valence-electron chi connectivity index (χ0n) is 9.76. The molecule has 0 radical (unpaired) electrons. The Labute approximate surface area is 86.9 Å². The predicted molar refractivity (Wildman–Crippen MR) is 58.1 cm³/mol. The van der Waals surface area contributed by atoms with Gasteiger partial charge in [-0.15, -0.1) is 0 Å². The van der Waals surface area contributed by atoms with E-state index < -0.39 is 0 Å². The Balaban J connectivity index is 0.000000461. The summed E-state index contributed by atoms with van der Waals surface area (Å²) < 4.78 is 0. The molecule has 3 nitrogen and oxygen atoms in total. The molecule has 1 atom stereocenters. The number of amides is 1. The second kappa shape index (κ2) is 4.30. The number of hydrogen-bond donors (Lipinski definition) is 1. The molecule has 2 rings (SSSR count). The zero-order chi connectivity index (χ0) is 10.8. The maximum atomic E-state index is 10.9. The van der Waals surface area contributed by atoms with Crippen LogP contribution in [0.15, 0.2) is 0 Å². The first kappa shape index (κ1) is 11.5. The molecule has 1 heterocycles. The number of carbonyl (C=O) groups is 1. The summed E-state index contributed by atoms with van der Waals surface area (Å²) in [4.78, 5) is 13.2. The highest BCUT2D eigenvalue weighted by Crippen LogP contribution is 2.52. The number of nitrogens with zero attached hydrogens (tertiary/aromatic N) is 1. The minimum absolute atomic E-state index is 0.113. The summed E-state index contributed by atoms with van der Waals surface area (Å²) in [6.07, 6.45) is 2.59. The number of nitrogens with one attached hydrogen (secondary N) is 1. The first-order valence-electron chi connectivity index (χ1n) is 5.58. The Morgan fingerprint density at radius 3 is 2.43 bits per heavy atom. The minimum Gasteiger partial charge on any atom is -0.352 e. The van der Waals surface area contributed by atoms with Gasteiger partial charge in [-0.05, 0) is 19.9 Å². The molecule has 0 aromatic carbocycles. The Morgan fingerprint density at radius 2 is 2.00 bits per heavy atom. The van der Waals surface area contributed by atoms with Crippen LogP contribution in [0.3, 0.4) is 0 Å². The van der Waals surface area contributed by atoms with Crippen molar-refractivity contribution in [1.29, 1.82) is 0 Å². The highest BCUT2D eigenvalue weighted by molar-refractivity contribution is 5.73. The fourth-order valence-electron chi connectivity index (χ4n) is 2.33. The summed E-state index contributed by atoms with van der Waals surface area (Å²) in [7, 11) is 2.13. The molecule has 1 aliphatic heterocycles. The van der Waals surface area contributed by atoms with Crippen molar-refractivity contribution in [3.05, 3.63) is 0 Å². The van der Waals surface area contributed by atoms with Crippen molar-refractivity contribution < 1.29 is 4.79 Å². The van der Waals surface area contributed by atoms with E-state index in [1.807, 2.05) is 13.8 Å². The van der Waals surface area contributed by atoms with Gasteiger partial charge in [0.15, 0.2) is 0 Å². The predicted octanol–water partition coefficient (Wildman–Crippen LogP) is 1.24. The number of rotatable bonds is 1. The molecule has 82 valence electrons. The van der Waals surface area contributed by atoms with Gasteiger partial charge in [0, 0.05) is 31.5 Å². The molecule has 1 saturated carbocycles. The molecule has 2 aliphatic rings. The monoisotopic (exact) mass is 198 g/mol. The van der Waals surface area contributed by atoms with Crippen LogP contribution in [-0.4, -0.2) is 37.0 Å². The highest BCUT2D eigenvalue weighted by Gasteiger charge is 2.54. The molecular weight excluding hydrogens is 176 g/mol. The van der Waals surface area contributed by atoms with Crippen molar-refractivity contribution in [2.75, 3.05) is 20.1 Å². The SMILES string of the molecule is CC.CC(=O)NC1CN(C)CC12CC2. The quantitative estimate of drug-likeness (QED) is 0.687. The van der Waals surface area contributed by atoms with E-state index in [0.29, 0.717) is 11.5 Å². The van der Waals surface area contributed by atoms with Crippen LogP contribution in [0.25, 0.3) is 0 Å². The molecule has 14 heavy (non-hydrogen) atoms. The van der Waals surface area contributed by atoms with Gasteiger partial charge >= 0.3 is 0 Å². The molecular formula is C11H22N2O. The van der Waals surface area contributed by atoms with E-state index in [2.05, 4.69) is 17.3 Å². The largest absolute Gasteiger partial charge is 0.352 e. The minimum atomic E-state index is 0.113. The first-order chi connectivity index (χ1) is 6.62. The van der Waals surface area contributed by atoms with Gasteiger partial charge in [0.2, 0.25) is 5.91 Å². The van der Waals surface area contributed by atoms with Gasteiger partial charge in [-0.1, -0.05) is 13.8 Å². The summed E-state index contributed by atoms with van der Waals surface area (Å²) in [6, 6.07) is 0.417. The summed E-state index contributed by atoms with van der Waals surface area (Å²) in [6.45, 7) is 7.80. The summed E-state index contributed by atoms with van der Waals surface area (Å²) in [5.74, 6) is 0.113. The lowest BCUT2D eigenvalue weighted by atomic mass is 10.0. The van der Waals surface area contributed by atoms with Crippen molar-refractivity contribution in [3.8, 4) is 0 Å². The molecule has 1 aliphatic carbocycles. The maximum Gasteiger partial charge on any atom is 0.217 e. The molecule has 1 spiro atoms. The van der Waals surface area contributed by atoms with Crippen LogP contribution >= 0.6 is 0 Å². The van der Waals surface area contributed by atoms with Gasteiger partial charge in [-0.2, -0.15) is 0 Å². The fraction of sp³-hybridized carbons (Fsp3) is 0.909. The number of hydrogen-bond acceptors (Lipinski definition) is 2. The lowest BCUT2D eigenvalue weighted by Gasteiger charge is -2.17. The Hall–Kier alpha value is -0.570. The number of likely N-dealkylation sites (tertiary alicyclic amines) is 1. The summed E-state index contributed by atoms with van der Waals surface area (Å²) in [5, 5.41) is 3.04. The number of likely N-dealkylation sites (N-methyl/N-ethyl adjacent to an activating group) is 1. The second-order valence-corrected chi connectivity index (χ2v) is 4.31. The average molecular weight is 198 g/mol. The van der Waals surface area contributed by atoms with Gasteiger partial charge in [0.1, 0.15) is 0 Å². The van der Waals surface area contributed by atoms with Crippen LogP contribution in [-0.2, 0) is 4.79 Å². The third-order valence-electron chi connectivity index (χ3n) is 3.09. The van der Waals surface area contributed by atoms with E-state index in [1.54, 1.807) is 6.92 Å². The van der Waals surface area contributed by atoms with E-state index in [-0.39, 0.29) is 5.91 Å². The topological polar surface area (TPSA) is 32.3 Å². The van der Waals surface area contributed by atoms with Crippen LogP contribution in [0, 0.1) is 5.41 Å². The van der Waals surface area contributed by atoms with Crippen LogP contribution < -0.4 is 5.32 Å². The molecule has 0 aromatic rings. The van der Waals surface area contributed by atoms with E-state index >= 15 is 0 Å². The van der Waals surface area contributed by atoms with Crippen LogP contribution in [0.2, 0.25) is 0 Å². The highest BCUT2D eigenvalue weighted by atomic mass is 16.1. The van der Waals surface area contributed by atoms with E-state index in [9.17, 15) is 4.79 Å². The molecule has 1 saturated heterocycles. The van der Waals surface area contributed by atoms with Gasteiger partial charge < -0.3 is 10.2 Å². The molecule has 0 bridgehead atoms. The molecule has 0 aromatic heterocycles. The lowest BCUT2D eigenvalue weighted by molar-refractivity contribution is -0.119. The van der Waals surface area contributed by atoms with Crippen molar-refractivity contribution >= 4 is 5.91 Å². The third-order valence-corrected chi connectivity index (χ3v) is 3.09. The van der Waals surface area contributed by atoms with Crippen LogP contribution in [0.4, 0.5) is 0 Å². The van der Waals surface area contributed by atoms with Crippen molar-refractivity contribution in [2.24, 2.45) is 5.41 Å². The second-order valence-electron chi connectivity index (χ2n) is 4.31. The normalized spacial score (nSPS) is 28.1. The van der Waals surface area contributed by atoms with Crippen molar-refractivity contribution in [3.63, 3.8) is 0 Å². The average Bonchev–Trinajstić information content (AvgIpc) is 2.80. The smallest absolute Gasteiger partial charge is 0.217 e. The molecule has 1 unspecified atom stereocenters. The van der Waals surface area contributed by atoms with Gasteiger partial charge in [0.05, 0.1) is 0 Å². The van der Waals surface area contributed by atoms with Gasteiger partial charge in [0.25, 0.3) is 0 Å². The Bertz CT molecular complexity index is 211. The standard InChI is InChI=1S/C9H16N2O.C2H6/c1-7(12)10-8-5-11(2)6-9(8)3-4-9;1-2/h8H,3-6H2,1-2H3,(H,10,12);1-2H3. The first-order valence-corrected chi connectivity index (χ1v) is 5.58. The maximum absolute atomic E-state index is 10.9. The molecule has 1 amide bonds. The van der Waals surface area contributed by atoms with Gasteiger partial charge in [-0.25, -0.2) is 0 Å². The third kappa shape index (κ3) is 2.27. The van der Waals surface area contributed by atoms with Crippen LogP contribution in [0.5, 0.6) is 0 Å². The molecule has 2 fully saturated rings. The van der Waals surface area contributed by atoms with Crippen LogP contribution in [0.1, 0.15) is 33.6 Å². The summed E-state index contributed by atoms with van der Waals surface area (Å²) in [5.41, 5.74) is 0.459. The van der Waals surface area contributed by atoms with E-state index in [4.69, 9.17) is 0 Å². The fourth-order valence-corrected chi connectivity index (χ4v) is 2.33. The lowest BCUT2D eigenvalue weighted by Crippen LogP contribution is -2.39. The van der Waals surface area contributed by atoms with Crippen molar-refractivity contribution in [1.82, 2.24) is 10.2 Å². The molecule has 3 heteroatoms. The number of carbonyl (C=O) groups excluding carboxylic acids is 1. The Morgan fingerprint density at radius 1 is 1.43 bits per heavy atom. The van der Waals surface area contributed by atoms with E-state index in [1.165, 1.54) is 12.8 Å². The zero-order valence-corrected chi connectivity index (χ0v) is 9.76. The Kier molecular flexibility index (Phi) is 3.53. The van der Waals surface area contributed by atoms with Gasteiger partial charge in [-0.3, -0.25) is 4.79 Å². The van der Waals surface area contributed by atoms with E-state index in [0.717, 1.165) is 13.1 Å². The van der Waals surface area contributed by atoms with Crippen molar-refractivity contribution in [2.45, 2.75) is 39.7 Å². The molecule has 1 N–H and O–H groups in total.